The minimum Gasteiger partial charge on any atom is -0.343 e. The van der Waals surface area contributed by atoms with Crippen LogP contribution >= 0.6 is 11.8 Å². The highest BCUT2D eigenvalue weighted by molar-refractivity contribution is 8.00. The van der Waals surface area contributed by atoms with Gasteiger partial charge in [0.15, 0.2) is 0 Å². The van der Waals surface area contributed by atoms with Crippen LogP contribution in [0.1, 0.15) is 37.7 Å². The molecule has 0 saturated carbocycles. The fourth-order valence-corrected chi connectivity index (χ4v) is 5.30. The van der Waals surface area contributed by atoms with E-state index in [1.54, 1.807) is 0 Å². The molecule has 2 heterocycles. The van der Waals surface area contributed by atoms with Crippen LogP contribution in [0.15, 0.2) is 29.2 Å². The monoisotopic (exact) mass is 361 g/mol. The third-order valence-corrected chi connectivity index (χ3v) is 7.09. The number of carbonyl (C=O) groups excluding carboxylic acids is 1. The maximum absolute atomic E-state index is 12.7. The van der Waals surface area contributed by atoms with E-state index < -0.39 is 0 Å². The summed E-state index contributed by atoms with van der Waals surface area (Å²) in [5.41, 5.74) is 7.12. The molecule has 2 fully saturated rings. The van der Waals surface area contributed by atoms with Crippen molar-refractivity contribution in [3.63, 3.8) is 0 Å². The summed E-state index contributed by atoms with van der Waals surface area (Å²) in [6, 6.07) is 9.55. The SMILES string of the molecule is Cc1cccc(SC2CCN(C(=O)C[C@@H]3CC[C@H](CN)N3C)CC2)c1. The zero-order valence-electron chi connectivity index (χ0n) is 15.5. The van der Waals surface area contributed by atoms with Gasteiger partial charge in [0.25, 0.3) is 0 Å². The van der Waals surface area contributed by atoms with Crippen LogP contribution in [0.5, 0.6) is 0 Å². The van der Waals surface area contributed by atoms with E-state index in [4.69, 9.17) is 5.73 Å². The van der Waals surface area contributed by atoms with Gasteiger partial charge in [0, 0.05) is 48.3 Å². The number of aryl methyl sites for hydroxylation is 1. The number of amides is 1. The molecular weight excluding hydrogens is 330 g/mol. The molecule has 2 saturated heterocycles. The molecule has 2 atom stereocenters. The molecule has 1 aromatic rings. The zero-order chi connectivity index (χ0) is 17.8. The van der Waals surface area contributed by atoms with E-state index in [0.29, 0.717) is 36.2 Å². The number of rotatable bonds is 5. The van der Waals surface area contributed by atoms with Gasteiger partial charge >= 0.3 is 0 Å². The summed E-state index contributed by atoms with van der Waals surface area (Å²) in [6.45, 7) is 4.64. The Hall–Kier alpha value is -1.04. The van der Waals surface area contributed by atoms with E-state index in [2.05, 4.69) is 48.0 Å². The van der Waals surface area contributed by atoms with E-state index in [-0.39, 0.29) is 0 Å². The minimum absolute atomic E-state index is 0.327. The molecule has 0 spiro atoms. The topological polar surface area (TPSA) is 49.6 Å². The number of piperidine rings is 1. The van der Waals surface area contributed by atoms with Gasteiger partial charge in [-0.25, -0.2) is 0 Å². The number of likely N-dealkylation sites (tertiary alicyclic amines) is 2. The van der Waals surface area contributed by atoms with Crippen molar-refractivity contribution >= 4 is 17.7 Å². The molecule has 1 amide bonds. The van der Waals surface area contributed by atoms with Gasteiger partial charge in [0.2, 0.25) is 5.91 Å². The molecule has 0 bridgehead atoms. The van der Waals surface area contributed by atoms with Gasteiger partial charge in [0.1, 0.15) is 0 Å². The molecule has 138 valence electrons. The standard InChI is InChI=1S/C20H31N3OS/c1-15-4-3-5-19(12-15)25-18-8-10-23(11-9-18)20(24)13-16-6-7-17(14-21)22(16)2/h3-5,12,16-18H,6-11,13-14,21H2,1-2H3/t16-,17+/m0/s1. The van der Waals surface area contributed by atoms with E-state index in [1.165, 1.54) is 10.5 Å². The highest BCUT2D eigenvalue weighted by atomic mass is 32.2. The Labute approximate surface area is 156 Å². The number of likely N-dealkylation sites (N-methyl/N-ethyl adjacent to an activating group) is 1. The van der Waals surface area contributed by atoms with Crippen LogP contribution in [0.2, 0.25) is 0 Å². The highest BCUT2D eigenvalue weighted by Gasteiger charge is 2.32. The van der Waals surface area contributed by atoms with Crippen LogP contribution in [0.25, 0.3) is 0 Å². The first kappa shape index (κ1) is 18.7. The van der Waals surface area contributed by atoms with Crippen molar-refractivity contribution in [3.8, 4) is 0 Å². The second-order valence-electron chi connectivity index (χ2n) is 7.50. The number of carbonyl (C=O) groups is 1. The lowest BCUT2D eigenvalue weighted by Gasteiger charge is -2.33. The summed E-state index contributed by atoms with van der Waals surface area (Å²) in [5.74, 6) is 0.327. The number of hydrogen-bond donors (Lipinski definition) is 1. The third-order valence-electron chi connectivity index (χ3n) is 5.75. The Balaban J connectivity index is 1.45. The largest absolute Gasteiger partial charge is 0.343 e. The lowest BCUT2D eigenvalue weighted by molar-refractivity contribution is -0.133. The fourth-order valence-electron chi connectivity index (χ4n) is 4.06. The van der Waals surface area contributed by atoms with Crippen LogP contribution in [-0.4, -0.2) is 59.7 Å². The molecule has 5 heteroatoms. The van der Waals surface area contributed by atoms with Crippen molar-refractivity contribution in [1.29, 1.82) is 0 Å². The second kappa shape index (κ2) is 8.56. The predicted molar refractivity (Wildman–Crippen MR) is 105 cm³/mol. The van der Waals surface area contributed by atoms with Crippen LogP contribution in [-0.2, 0) is 4.79 Å². The maximum atomic E-state index is 12.7. The zero-order valence-corrected chi connectivity index (χ0v) is 16.3. The first-order valence-corrected chi connectivity index (χ1v) is 10.4. The van der Waals surface area contributed by atoms with E-state index in [0.717, 1.165) is 38.8 Å². The van der Waals surface area contributed by atoms with E-state index >= 15 is 0 Å². The Morgan fingerprint density at radius 3 is 2.56 bits per heavy atom. The van der Waals surface area contributed by atoms with Gasteiger partial charge in [-0.15, -0.1) is 11.8 Å². The molecule has 2 aliphatic heterocycles. The Kier molecular flexibility index (Phi) is 6.42. The number of nitrogens with two attached hydrogens (primary N) is 1. The molecule has 0 radical (unpaired) electrons. The van der Waals surface area contributed by atoms with Crippen molar-refractivity contribution in [1.82, 2.24) is 9.80 Å². The second-order valence-corrected chi connectivity index (χ2v) is 8.88. The third kappa shape index (κ3) is 4.78. The molecule has 0 aliphatic carbocycles. The average molecular weight is 362 g/mol. The Morgan fingerprint density at radius 1 is 1.20 bits per heavy atom. The predicted octanol–water partition coefficient (Wildman–Crippen LogP) is 2.89. The highest BCUT2D eigenvalue weighted by Crippen LogP contribution is 2.31. The molecule has 3 rings (SSSR count). The van der Waals surface area contributed by atoms with Crippen molar-refractivity contribution < 1.29 is 4.79 Å². The first-order chi connectivity index (χ1) is 12.1. The Bertz CT molecular complexity index is 586. The summed E-state index contributed by atoms with van der Waals surface area (Å²) in [7, 11) is 2.12. The summed E-state index contributed by atoms with van der Waals surface area (Å²) < 4.78 is 0. The lowest BCUT2D eigenvalue weighted by Crippen LogP contribution is -2.43. The maximum Gasteiger partial charge on any atom is 0.224 e. The molecule has 0 aromatic heterocycles. The molecule has 2 aliphatic rings. The molecule has 1 aromatic carbocycles. The van der Waals surface area contributed by atoms with Gasteiger partial charge in [0.05, 0.1) is 0 Å². The summed E-state index contributed by atoms with van der Waals surface area (Å²) in [5, 5.41) is 0.627. The van der Waals surface area contributed by atoms with Crippen LogP contribution in [0, 0.1) is 6.92 Å². The van der Waals surface area contributed by atoms with Crippen molar-refractivity contribution in [2.75, 3.05) is 26.7 Å². The number of benzene rings is 1. The van der Waals surface area contributed by atoms with Gasteiger partial charge in [-0.1, -0.05) is 17.7 Å². The number of thioether (sulfide) groups is 1. The van der Waals surface area contributed by atoms with Crippen LogP contribution in [0.4, 0.5) is 0 Å². The normalized spacial score (nSPS) is 25.5. The van der Waals surface area contributed by atoms with E-state index in [9.17, 15) is 4.79 Å². The molecule has 2 N–H and O–H groups in total. The fraction of sp³-hybridized carbons (Fsp3) is 0.650. The number of hydrogen-bond acceptors (Lipinski definition) is 4. The van der Waals surface area contributed by atoms with Crippen LogP contribution in [0.3, 0.4) is 0 Å². The lowest BCUT2D eigenvalue weighted by atomic mass is 10.1. The van der Waals surface area contributed by atoms with E-state index in [1.807, 2.05) is 11.8 Å². The van der Waals surface area contributed by atoms with Gasteiger partial charge in [-0.05, 0) is 51.8 Å². The summed E-state index contributed by atoms with van der Waals surface area (Å²) in [6.07, 6.45) is 5.07. The number of nitrogens with zero attached hydrogens (tertiary/aromatic N) is 2. The van der Waals surface area contributed by atoms with Gasteiger partial charge in [-0.3, -0.25) is 9.69 Å². The molecule has 0 unspecified atom stereocenters. The van der Waals surface area contributed by atoms with Crippen molar-refractivity contribution in [2.45, 2.75) is 61.3 Å². The van der Waals surface area contributed by atoms with Crippen molar-refractivity contribution in [3.05, 3.63) is 29.8 Å². The quantitative estimate of drug-likeness (QED) is 0.876. The van der Waals surface area contributed by atoms with Gasteiger partial charge in [-0.2, -0.15) is 0 Å². The Morgan fingerprint density at radius 2 is 1.92 bits per heavy atom. The smallest absolute Gasteiger partial charge is 0.224 e. The first-order valence-electron chi connectivity index (χ1n) is 9.50. The molecular formula is C20H31N3OS. The molecule has 25 heavy (non-hydrogen) atoms. The van der Waals surface area contributed by atoms with Crippen molar-refractivity contribution in [2.24, 2.45) is 5.73 Å². The summed E-state index contributed by atoms with van der Waals surface area (Å²) >= 11 is 1.97. The minimum atomic E-state index is 0.327. The molecule has 4 nitrogen and oxygen atoms in total. The van der Waals surface area contributed by atoms with Gasteiger partial charge < -0.3 is 10.6 Å². The van der Waals surface area contributed by atoms with Crippen LogP contribution < -0.4 is 5.73 Å². The summed E-state index contributed by atoms with van der Waals surface area (Å²) in [4.78, 5) is 18.4. The average Bonchev–Trinajstić information content (AvgIpc) is 2.95.